The zero-order chi connectivity index (χ0) is 16.3. The molecule has 0 aliphatic carbocycles. The van der Waals surface area contributed by atoms with Gasteiger partial charge in [0.15, 0.2) is 7.28 Å². The molecule has 0 saturated heterocycles. The number of nitrogens with zero attached hydrogens (tertiary/aromatic N) is 2. The molecule has 1 N–H and O–H groups in total. The lowest BCUT2D eigenvalue weighted by Crippen LogP contribution is -2.25. The summed E-state index contributed by atoms with van der Waals surface area (Å²) in [6.07, 6.45) is 0. The van der Waals surface area contributed by atoms with Crippen molar-refractivity contribution in [3.8, 4) is 17.1 Å². The van der Waals surface area contributed by atoms with Crippen LogP contribution in [0.5, 0.6) is 5.88 Å². The summed E-state index contributed by atoms with van der Waals surface area (Å²) in [5.74, 6) is 1.57. The molecule has 2 aromatic rings. The second-order valence-electron chi connectivity index (χ2n) is 5.35. The van der Waals surface area contributed by atoms with Crippen molar-refractivity contribution in [3.63, 3.8) is 0 Å². The molecule has 3 radical (unpaired) electrons. The maximum Gasteiger partial charge on any atom is 0.222 e. The van der Waals surface area contributed by atoms with Crippen molar-refractivity contribution >= 4 is 31.9 Å². The molecule has 2 heterocycles. The molecule has 0 aromatic carbocycles. The highest BCUT2D eigenvalue weighted by atomic mass is 16.5. The van der Waals surface area contributed by atoms with Crippen LogP contribution in [0.2, 0.25) is 6.82 Å². The molecule has 22 heavy (non-hydrogen) atoms. The van der Waals surface area contributed by atoms with Crippen LogP contribution in [-0.2, 0) is 0 Å². The van der Waals surface area contributed by atoms with Crippen molar-refractivity contribution in [2.75, 3.05) is 19.5 Å². The number of hydrogen-bond acceptors (Lipinski definition) is 4. The van der Waals surface area contributed by atoms with Crippen LogP contribution in [-0.4, -0.2) is 39.3 Å². The Morgan fingerprint density at radius 2 is 2.00 bits per heavy atom. The molecular weight excluding hydrogens is 272 g/mol. The molecule has 0 atom stereocenters. The van der Waals surface area contributed by atoms with Crippen molar-refractivity contribution in [1.29, 1.82) is 0 Å². The van der Waals surface area contributed by atoms with Gasteiger partial charge in [0.25, 0.3) is 0 Å². The third kappa shape index (κ3) is 3.11. The van der Waals surface area contributed by atoms with Gasteiger partial charge in [0.05, 0.1) is 18.4 Å². The first-order valence-electron chi connectivity index (χ1n) is 7.34. The minimum absolute atomic E-state index is 0.340. The van der Waals surface area contributed by atoms with Crippen LogP contribution < -0.4 is 21.0 Å². The average molecular weight is 292 g/mol. The lowest BCUT2D eigenvalue weighted by atomic mass is 9.70. The standard InChI is InChI=1S/C16H20B2N3O/c1-9(2)13-7-6-10(16(20-13)22-5)14-12(18-3)8-11(17)15(19-4)21-14/h6-9H,1-5H3,(H,19,21). The SMILES string of the molecule is [B]c1cc([B]C)c(-c2ccc(C(C)C)nc2OC)nc1NC. The van der Waals surface area contributed by atoms with Gasteiger partial charge in [0, 0.05) is 12.7 Å². The van der Waals surface area contributed by atoms with Gasteiger partial charge in [-0.15, -0.1) is 0 Å². The van der Waals surface area contributed by atoms with Gasteiger partial charge in [-0.2, -0.15) is 0 Å². The zero-order valence-electron chi connectivity index (χ0n) is 13.8. The number of nitrogens with one attached hydrogen (secondary N) is 1. The van der Waals surface area contributed by atoms with Gasteiger partial charge >= 0.3 is 0 Å². The van der Waals surface area contributed by atoms with Crippen molar-refractivity contribution in [2.45, 2.75) is 26.6 Å². The molecule has 0 amide bonds. The highest BCUT2D eigenvalue weighted by molar-refractivity contribution is 6.55. The summed E-state index contributed by atoms with van der Waals surface area (Å²) in [4.78, 5) is 9.22. The third-order valence-corrected chi connectivity index (χ3v) is 3.55. The maximum atomic E-state index is 6.00. The Hall–Kier alpha value is -1.97. The molecule has 0 spiro atoms. The largest absolute Gasteiger partial charge is 0.480 e. The van der Waals surface area contributed by atoms with Crippen molar-refractivity contribution in [2.24, 2.45) is 0 Å². The number of pyridine rings is 2. The van der Waals surface area contributed by atoms with Gasteiger partial charge < -0.3 is 10.1 Å². The summed E-state index contributed by atoms with van der Waals surface area (Å²) in [7, 11) is 11.4. The molecule has 6 heteroatoms. The van der Waals surface area contributed by atoms with Crippen LogP contribution in [0.4, 0.5) is 5.82 Å². The van der Waals surface area contributed by atoms with Crippen LogP contribution >= 0.6 is 0 Å². The Morgan fingerprint density at radius 3 is 2.55 bits per heavy atom. The minimum Gasteiger partial charge on any atom is -0.480 e. The molecule has 0 aliphatic rings. The molecule has 2 aromatic heterocycles. The van der Waals surface area contributed by atoms with Gasteiger partial charge in [0.1, 0.15) is 13.7 Å². The highest BCUT2D eigenvalue weighted by Crippen LogP contribution is 2.28. The molecule has 4 nitrogen and oxygen atoms in total. The first-order chi connectivity index (χ1) is 10.5. The fourth-order valence-electron chi connectivity index (χ4n) is 2.29. The lowest BCUT2D eigenvalue weighted by molar-refractivity contribution is 0.397. The Balaban J connectivity index is 2.64. The molecule has 0 fully saturated rings. The molecule has 0 unspecified atom stereocenters. The fourth-order valence-corrected chi connectivity index (χ4v) is 2.29. The summed E-state index contributed by atoms with van der Waals surface area (Å²) >= 11 is 0. The Morgan fingerprint density at radius 1 is 1.27 bits per heavy atom. The van der Waals surface area contributed by atoms with E-state index in [1.807, 2.05) is 32.3 Å². The minimum atomic E-state index is 0.340. The summed E-state index contributed by atoms with van der Waals surface area (Å²) < 4.78 is 5.48. The normalized spacial score (nSPS) is 10.6. The Bertz CT molecular complexity index is 675. The number of rotatable bonds is 5. The first-order valence-corrected chi connectivity index (χ1v) is 7.34. The molecule has 2 rings (SSSR count). The van der Waals surface area contributed by atoms with Crippen LogP contribution in [0.15, 0.2) is 18.2 Å². The van der Waals surface area contributed by atoms with Gasteiger partial charge in [0.2, 0.25) is 5.88 Å². The van der Waals surface area contributed by atoms with Crippen LogP contribution in [0.25, 0.3) is 11.3 Å². The topological polar surface area (TPSA) is 47.0 Å². The van der Waals surface area contributed by atoms with Crippen LogP contribution in [0, 0.1) is 0 Å². The summed E-state index contributed by atoms with van der Waals surface area (Å²) in [6, 6.07) is 5.93. The number of methoxy groups -OCH3 is 1. The predicted octanol–water partition coefficient (Wildman–Crippen LogP) is 1.49. The van der Waals surface area contributed by atoms with Gasteiger partial charge in [-0.25, -0.2) is 9.97 Å². The van der Waals surface area contributed by atoms with Gasteiger partial charge in [-0.3, -0.25) is 0 Å². The fraction of sp³-hybridized carbons (Fsp3) is 0.375. The summed E-state index contributed by atoms with van der Waals surface area (Å²) in [6.45, 7) is 6.17. The Labute approximate surface area is 134 Å². The highest BCUT2D eigenvalue weighted by Gasteiger charge is 2.16. The smallest absolute Gasteiger partial charge is 0.222 e. The van der Waals surface area contributed by atoms with Crippen molar-refractivity contribution in [1.82, 2.24) is 9.97 Å². The van der Waals surface area contributed by atoms with E-state index in [-0.39, 0.29) is 0 Å². The quantitative estimate of drug-likeness (QED) is 0.848. The molecular formula is C16H20B2N3O. The molecule has 0 bridgehead atoms. The van der Waals surface area contributed by atoms with E-state index in [4.69, 9.17) is 12.6 Å². The van der Waals surface area contributed by atoms with E-state index in [0.29, 0.717) is 23.1 Å². The van der Waals surface area contributed by atoms with E-state index < -0.39 is 0 Å². The average Bonchev–Trinajstić information content (AvgIpc) is 2.53. The molecule has 111 valence electrons. The number of aromatic nitrogens is 2. The second kappa shape index (κ2) is 6.86. The lowest BCUT2D eigenvalue weighted by Gasteiger charge is -2.16. The van der Waals surface area contributed by atoms with E-state index in [2.05, 4.69) is 29.1 Å². The summed E-state index contributed by atoms with van der Waals surface area (Å²) in [5, 5.41) is 3.01. The van der Waals surface area contributed by atoms with E-state index >= 15 is 0 Å². The van der Waals surface area contributed by atoms with Gasteiger partial charge in [-0.1, -0.05) is 37.7 Å². The number of hydrogen-bond donors (Lipinski definition) is 1. The first kappa shape index (κ1) is 16.4. The maximum absolute atomic E-state index is 6.00. The van der Waals surface area contributed by atoms with Crippen LogP contribution in [0.3, 0.4) is 0 Å². The van der Waals surface area contributed by atoms with E-state index in [0.717, 1.165) is 22.4 Å². The van der Waals surface area contributed by atoms with E-state index in [1.54, 1.807) is 14.2 Å². The molecule has 0 aliphatic heterocycles. The van der Waals surface area contributed by atoms with Crippen molar-refractivity contribution < 1.29 is 4.74 Å². The monoisotopic (exact) mass is 292 g/mol. The van der Waals surface area contributed by atoms with E-state index in [1.165, 1.54) is 0 Å². The van der Waals surface area contributed by atoms with E-state index in [9.17, 15) is 0 Å². The second-order valence-corrected chi connectivity index (χ2v) is 5.35. The Kier molecular flexibility index (Phi) is 5.11. The molecule has 0 saturated carbocycles. The van der Waals surface area contributed by atoms with Crippen molar-refractivity contribution in [3.05, 3.63) is 23.9 Å². The predicted molar refractivity (Wildman–Crippen MR) is 94.3 cm³/mol. The van der Waals surface area contributed by atoms with Crippen LogP contribution in [0.1, 0.15) is 25.5 Å². The third-order valence-electron chi connectivity index (χ3n) is 3.55. The zero-order valence-corrected chi connectivity index (χ0v) is 13.8. The number of ether oxygens (including phenoxy) is 1. The number of anilines is 1. The van der Waals surface area contributed by atoms with Gasteiger partial charge in [-0.05, 0) is 18.1 Å². The summed E-state index contributed by atoms with van der Waals surface area (Å²) in [5.41, 5.74) is 4.23.